The van der Waals surface area contributed by atoms with Crippen LogP contribution in [0.25, 0.3) is 0 Å². The average Bonchev–Trinajstić information content (AvgIpc) is 2.41. The standard InChI is InChI=1S/C16H16FNO2/c1-11-7-8-13(14(17)9-11)16(19)18-15-6-4-3-5-12(15)10-20-2/h3-9H,10H2,1-2H3,(H,18,19). The predicted molar refractivity (Wildman–Crippen MR) is 76.2 cm³/mol. The Labute approximate surface area is 117 Å². The Morgan fingerprint density at radius 1 is 1.25 bits per heavy atom. The van der Waals surface area contributed by atoms with Crippen LogP contribution in [0.3, 0.4) is 0 Å². The van der Waals surface area contributed by atoms with Gasteiger partial charge in [0.1, 0.15) is 5.82 Å². The molecule has 0 saturated heterocycles. The molecule has 0 fully saturated rings. The number of rotatable bonds is 4. The van der Waals surface area contributed by atoms with E-state index in [1.54, 1.807) is 32.2 Å². The first-order valence-electron chi connectivity index (χ1n) is 6.26. The van der Waals surface area contributed by atoms with Crippen molar-refractivity contribution in [3.63, 3.8) is 0 Å². The van der Waals surface area contributed by atoms with Crippen LogP contribution in [-0.2, 0) is 11.3 Å². The lowest BCUT2D eigenvalue weighted by atomic mass is 10.1. The number of hydrogen-bond donors (Lipinski definition) is 1. The van der Waals surface area contributed by atoms with Gasteiger partial charge >= 0.3 is 0 Å². The smallest absolute Gasteiger partial charge is 0.258 e. The number of anilines is 1. The van der Waals surface area contributed by atoms with Gasteiger partial charge in [0.2, 0.25) is 0 Å². The summed E-state index contributed by atoms with van der Waals surface area (Å²) in [6.07, 6.45) is 0. The zero-order valence-corrected chi connectivity index (χ0v) is 11.4. The number of methoxy groups -OCH3 is 1. The molecule has 0 bridgehead atoms. The quantitative estimate of drug-likeness (QED) is 0.925. The molecule has 1 amide bonds. The topological polar surface area (TPSA) is 38.3 Å². The van der Waals surface area contributed by atoms with Gasteiger partial charge in [-0.15, -0.1) is 0 Å². The van der Waals surface area contributed by atoms with Crippen molar-refractivity contribution in [3.05, 3.63) is 65.0 Å². The lowest BCUT2D eigenvalue weighted by molar-refractivity contribution is 0.102. The van der Waals surface area contributed by atoms with E-state index in [-0.39, 0.29) is 5.56 Å². The first kappa shape index (κ1) is 14.2. The van der Waals surface area contributed by atoms with Gasteiger partial charge in [-0.05, 0) is 30.7 Å². The van der Waals surface area contributed by atoms with Crippen molar-refractivity contribution in [2.75, 3.05) is 12.4 Å². The van der Waals surface area contributed by atoms with E-state index in [0.717, 1.165) is 11.1 Å². The fourth-order valence-corrected chi connectivity index (χ4v) is 1.92. The largest absolute Gasteiger partial charge is 0.380 e. The highest BCUT2D eigenvalue weighted by molar-refractivity contribution is 6.04. The van der Waals surface area contributed by atoms with E-state index in [4.69, 9.17) is 4.74 Å². The van der Waals surface area contributed by atoms with Crippen LogP contribution < -0.4 is 5.32 Å². The summed E-state index contributed by atoms with van der Waals surface area (Å²) in [5, 5.41) is 2.71. The van der Waals surface area contributed by atoms with Crippen LogP contribution in [-0.4, -0.2) is 13.0 Å². The molecule has 0 aliphatic carbocycles. The molecular formula is C16H16FNO2. The fourth-order valence-electron chi connectivity index (χ4n) is 1.92. The second-order valence-electron chi connectivity index (χ2n) is 4.53. The van der Waals surface area contributed by atoms with Crippen molar-refractivity contribution < 1.29 is 13.9 Å². The Bertz CT molecular complexity index is 626. The molecule has 20 heavy (non-hydrogen) atoms. The van der Waals surface area contributed by atoms with Crippen LogP contribution in [0, 0.1) is 12.7 Å². The molecule has 0 saturated carbocycles. The maximum Gasteiger partial charge on any atom is 0.258 e. The molecule has 0 atom stereocenters. The van der Waals surface area contributed by atoms with Gasteiger partial charge in [-0.2, -0.15) is 0 Å². The number of ether oxygens (including phenoxy) is 1. The number of hydrogen-bond acceptors (Lipinski definition) is 2. The number of carbonyl (C=O) groups is 1. The van der Waals surface area contributed by atoms with Gasteiger partial charge in [-0.3, -0.25) is 4.79 Å². The maximum absolute atomic E-state index is 13.8. The average molecular weight is 273 g/mol. The Balaban J connectivity index is 2.23. The number of amides is 1. The van der Waals surface area contributed by atoms with Crippen LogP contribution in [0.5, 0.6) is 0 Å². The van der Waals surface area contributed by atoms with Crippen molar-refractivity contribution >= 4 is 11.6 Å². The molecule has 1 N–H and O–H groups in total. The van der Waals surface area contributed by atoms with Gasteiger partial charge in [-0.25, -0.2) is 4.39 Å². The molecule has 0 aliphatic heterocycles. The van der Waals surface area contributed by atoms with Gasteiger partial charge < -0.3 is 10.1 Å². The zero-order valence-electron chi connectivity index (χ0n) is 11.4. The molecule has 0 aromatic heterocycles. The Morgan fingerprint density at radius 3 is 2.70 bits per heavy atom. The van der Waals surface area contributed by atoms with E-state index < -0.39 is 11.7 Å². The molecule has 104 valence electrons. The lowest BCUT2D eigenvalue weighted by Gasteiger charge is -2.11. The number of aryl methyl sites for hydroxylation is 1. The fraction of sp³-hybridized carbons (Fsp3) is 0.188. The van der Waals surface area contributed by atoms with Gasteiger partial charge in [0.05, 0.1) is 12.2 Å². The third-order valence-electron chi connectivity index (χ3n) is 2.93. The second kappa shape index (κ2) is 6.30. The van der Waals surface area contributed by atoms with E-state index in [2.05, 4.69) is 5.32 Å². The SMILES string of the molecule is COCc1ccccc1NC(=O)c1ccc(C)cc1F. The number of halogens is 1. The molecule has 2 aromatic carbocycles. The van der Waals surface area contributed by atoms with E-state index >= 15 is 0 Å². The van der Waals surface area contributed by atoms with Crippen molar-refractivity contribution in [2.45, 2.75) is 13.5 Å². The van der Waals surface area contributed by atoms with Crippen LogP contribution in [0.2, 0.25) is 0 Å². The first-order valence-corrected chi connectivity index (χ1v) is 6.26. The molecular weight excluding hydrogens is 257 g/mol. The first-order chi connectivity index (χ1) is 9.61. The van der Waals surface area contributed by atoms with Crippen molar-refractivity contribution in [3.8, 4) is 0 Å². The van der Waals surface area contributed by atoms with Crippen molar-refractivity contribution in [1.82, 2.24) is 0 Å². The Hall–Kier alpha value is -2.20. The molecule has 2 aromatic rings. The maximum atomic E-state index is 13.8. The lowest BCUT2D eigenvalue weighted by Crippen LogP contribution is -2.15. The van der Waals surface area contributed by atoms with Crippen molar-refractivity contribution in [1.29, 1.82) is 0 Å². The number of carbonyl (C=O) groups excluding carboxylic acids is 1. The van der Waals surface area contributed by atoms with Gasteiger partial charge in [-0.1, -0.05) is 24.3 Å². The third kappa shape index (κ3) is 3.22. The predicted octanol–water partition coefficient (Wildman–Crippen LogP) is 3.53. The molecule has 0 aliphatic rings. The summed E-state index contributed by atoms with van der Waals surface area (Å²) in [7, 11) is 1.58. The van der Waals surface area contributed by atoms with Gasteiger partial charge in [0.25, 0.3) is 5.91 Å². The van der Waals surface area contributed by atoms with Gasteiger partial charge in [0, 0.05) is 18.4 Å². The van der Waals surface area contributed by atoms with E-state index in [1.807, 2.05) is 12.1 Å². The highest BCUT2D eigenvalue weighted by atomic mass is 19.1. The molecule has 4 heteroatoms. The summed E-state index contributed by atoms with van der Waals surface area (Å²) in [5.41, 5.74) is 2.27. The monoisotopic (exact) mass is 273 g/mol. The summed E-state index contributed by atoms with van der Waals surface area (Å²) in [6.45, 7) is 2.16. The van der Waals surface area contributed by atoms with E-state index in [1.165, 1.54) is 12.1 Å². The molecule has 2 rings (SSSR count). The highest BCUT2D eigenvalue weighted by Crippen LogP contribution is 2.18. The summed E-state index contributed by atoms with van der Waals surface area (Å²) in [6, 6.07) is 11.8. The van der Waals surface area contributed by atoms with E-state index in [0.29, 0.717) is 12.3 Å². The van der Waals surface area contributed by atoms with Crippen molar-refractivity contribution in [2.24, 2.45) is 0 Å². The summed E-state index contributed by atoms with van der Waals surface area (Å²) < 4.78 is 18.8. The number of nitrogens with one attached hydrogen (secondary N) is 1. The third-order valence-corrected chi connectivity index (χ3v) is 2.93. The van der Waals surface area contributed by atoms with Crippen LogP contribution in [0.4, 0.5) is 10.1 Å². The van der Waals surface area contributed by atoms with E-state index in [9.17, 15) is 9.18 Å². The molecule has 0 radical (unpaired) electrons. The van der Waals surface area contributed by atoms with Crippen LogP contribution in [0.15, 0.2) is 42.5 Å². The molecule has 0 spiro atoms. The highest BCUT2D eigenvalue weighted by Gasteiger charge is 2.13. The molecule has 0 unspecified atom stereocenters. The number of para-hydroxylation sites is 1. The van der Waals surface area contributed by atoms with Crippen LogP contribution >= 0.6 is 0 Å². The Morgan fingerprint density at radius 2 is 2.00 bits per heavy atom. The summed E-state index contributed by atoms with van der Waals surface area (Å²) in [4.78, 5) is 12.1. The zero-order chi connectivity index (χ0) is 14.5. The minimum absolute atomic E-state index is 0.0304. The summed E-state index contributed by atoms with van der Waals surface area (Å²) in [5.74, 6) is -0.988. The summed E-state index contributed by atoms with van der Waals surface area (Å²) >= 11 is 0. The number of benzene rings is 2. The second-order valence-corrected chi connectivity index (χ2v) is 4.53. The molecule has 3 nitrogen and oxygen atoms in total. The minimum Gasteiger partial charge on any atom is -0.380 e. The van der Waals surface area contributed by atoms with Crippen LogP contribution in [0.1, 0.15) is 21.5 Å². The Kier molecular flexibility index (Phi) is 4.48. The molecule has 0 heterocycles. The van der Waals surface area contributed by atoms with Gasteiger partial charge in [0.15, 0.2) is 0 Å². The minimum atomic E-state index is -0.522. The normalized spacial score (nSPS) is 10.3.